The molecule has 1 spiro atoms. The molecule has 0 radical (unpaired) electrons. The normalized spacial score (nSPS) is 20.8. The highest BCUT2D eigenvalue weighted by Gasteiger charge is 2.44. The smallest absolute Gasteiger partial charge is 0.309 e. The number of ether oxygens (including phenoxy) is 1. The van der Waals surface area contributed by atoms with Gasteiger partial charge < -0.3 is 24.3 Å². The zero-order valence-corrected chi connectivity index (χ0v) is 21.0. The lowest BCUT2D eigenvalue weighted by Crippen LogP contribution is -2.58. The van der Waals surface area contributed by atoms with Crippen LogP contribution in [0.3, 0.4) is 0 Å². The standard InChI is InChI=1S/C28H31N5O4/c1-32-23-16-21(33-17-28(18-33)11-13-36-14-12-28)9-7-20(23)8-10-22(27(32)35)29-25(34)26-31-30-24(37-26)15-19-5-3-2-4-6-19/h2-7,9,16,22H,8,10-15,17-18H2,1H3,(H,29,34)/t22-/m0/s1. The van der Waals surface area contributed by atoms with E-state index in [1.165, 1.54) is 0 Å². The topological polar surface area (TPSA) is 101 Å². The summed E-state index contributed by atoms with van der Waals surface area (Å²) < 4.78 is 11.1. The van der Waals surface area contributed by atoms with Gasteiger partial charge in [0.05, 0.1) is 6.42 Å². The van der Waals surface area contributed by atoms with Crippen molar-refractivity contribution in [2.45, 2.75) is 38.1 Å². The number of hydrogen-bond donors (Lipinski definition) is 1. The van der Waals surface area contributed by atoms with Crippen LogP contribution in [0.1, 0.15) is 47.0 Å². The summed E-state index contributed by atoms with van der Waals surface area (Å²) in [7, 11) is 1.77. The molecular formula is C28H31N5O4. The molecule has 2 amide bonds. The molecule has 9 heteroatoms. The van der Waals surface area contributed by atoms with E-state index in [4.69, 9.17) is 9.15 Å². The lowest BCUT2D eigenvalue weighted by Gasteiger charge is -2.53. The second kappa shape index (κ2) is 9.63. The third-order valence-corrected chi connectivity index (χ3v) is 7.90. The Morgan fingerprint density at radius 3 is 2.68 bits per heavy atom. The maximum absolute atomic E-state index is 13.3. The number of benzene rings is 2. The molecule has 0 bridgehead atoms. The first-order chi connectivity index (χ1) is 18.0. The van der Waals surface area contributed by atoms with Crippen molar-refractivity contribution in [3.63, 3.8) is 0 Å². The number of rotatable bonds is 5. The molecule has 1 atom stereocenters. The Bertz CT molecular complexity index is 1290. The summed E-state index contributed by atoms with van der Waals surface area (Å²) in [6.07, 6.45) is 3.85. The second-order valence-electron chi connectivity index (χ2n) is 10.4. The van der Waals surface area contributed by atoms with E-state index in [9.17, 15) is 9.59 Å². The molecule has 0 saturated carbocycles. The predicted molar refractivity (Wildman–Crippen MR) is 138 cm³/mol. The summed E-state index contributed by atoms with van der Waals surface area (Å²) in [4.78, 5) is 30.3. The summed E-state index contributed by atoms with van der Waals surface area (Å²) in [5.74, 6) is -0.468. The molecule has 2 saturated heterocycles. The number of carbonyl (C=O) groups excluding carboxylic acids is 2. The Morgan fingerprint density at radius 1 is 1.11 bits per heavy atom. The third-order valence-electron chi connectivity index (χ3n) is 7.90. The van der Waals surface area contributed by atoms with Gasteiger partial charge in [-0.05, 0) is 48.9 Å². The van der Waals surface area contributed by atoms with Gasteiger partial charge in [-0.15, -0.1) is 10.2 Å². The van der Waals surface area contributed by atoms with Crippen molar-refractivity contribution in [2.24, 2.45) is 5.41 Å². The molecule has 2 fully saturated rings. The lowest BCUT2D eigenvalue weighted by molar-refractivity contribution is -0.120. The summed E-state index contributed by atoms with van der Waals surface area (Å²) in [5.41, 5.74) is 4.51. The average Bonchev–Trinajstić information content (AvgIpc) is 3.34. The number of nitrogens with one attached hydrogen (secondary N) is 1. The Morgan fingerprint density at radius 2 is 1.89 bits per heavy atom. The zero-order chi connectivity index (χ0) is 25.4. The fourth-order valence-corrected chi connectivity index (χ4v) is 5.66. The average molecular weight is 502 g/mol. The van der Waals surface area contributed by atoms with Crippen LogP contribution in [0.4, 0.5) is 11.4 Å². The van der Waals surface area contributed by atoms with Crippen LogP contribution in [0.15, 0.2) is 52.9 Å². The van der Waals surface area contributed by atoms with Crippen molar-refractivity contribution < 1.29 is 18.7 Å². The van der Waals surface area contributed by atoms with Gasteiger partial charge in [-0.2, -0.15) is 0 Å². The molecule has 6 rings (SSSR count). The van der Waals surface area contributed by atoms with Gasteiger partial charge in [-0.3, -0.25) is 9.59 Å². The van der Waals surface area contributed by atoms with E-state index >= 15 is 0 Å². The number of anilines is 2. The van der Waals surface area contributed by atoms with E-state index in [2.05, 4.69) is 38.6 Å². The van der Waals surface area contributed by atoms with Gasteiger partial charge in [0.1, 0.15) is 6.04 Å². The highest BCUT2D eigenvalue weighted by Crippen LogP contribution is 2.43. The molecule has 3 aromatic rings. The molecular weight excluding hydrogens is 470 g/mol. The van der Waals surface area contributed by atoms with Crippen LogP contribution >= 0.6 is 0 Å². The minimum absolute atomic E-state index is 0.134. The van der Waals surface area contributed by atoms with Crippen LogP contribution in [-0.4, -0.2) is 61.4 Å². The maximum Gasteiger partial charge on any atom is 0.309 e. The molecule has 192 valence electrons. The third kappa shape index (κ3) is 4.71. The van der Waals surface area contributed by atoms with Crippen molar-refractivity contribution in [3.05, 3.63) is 71.4 Å². The number of amides is 2. The predicted octanol–water partition coefficient (Wildman–Crippen LogP) is 2.98. The number of likely N-dealkylation sites (N-methyl/N-ethyl adjacent to an activating group) is 1. The van der Waals surface area contributed by atoms with Gasteiger partial charge >= 0.3 is 11.8 Å². The van der Waals surface area contributed by atoms with Gasteiger partial charge in [-0.25, -0.2) is 0 Å². The largest absolute Gasteiger partial charge is 0.417 e. The number of nitrogens with zero attached hydrogens (tertiary/aromatic N) is 4. The molecule has 2 aromatic carbocycles. The summed E-state index contributed by atoms with van der Waals surface area (Å²) in [6, 6.07) is 15.4. The number of aromatic nitrogens is 2. The van der Waals surface area contributed by atoms with Crippen LogP contribution < -0.4 is 15.1 Å². The fraction of sp³-hybridized carbons (Fsp3) is 0.429. The summed E-state index contributed by atoms with van der Waals surface area (Å²) in [5, 5.41) is 10.7. The minimum atomic E-state index is -0.674. The van der Waals surface area contributed by atoms with E-state index < -0.39 is 11.9 Å². The first-order valence-electron chi connectivity index (χ1n) is 12.9. The fourth-order valence-electron chi connectivity index (χ4n) is 5.66. The van der Waals surface area contributed by atoms with Crippen LogP contribution in [-0.2, 0) is 22.4 Å². The van der Waals surface area contributed by atoms with E-state index in [1.54, 1.807) is 11.9 Å². The van der Waals surface area contributed by atoms with E-state index in [0.717, 1.165) is 61.6 Å². The van der Waals surface area contributed by atoms with Crippen LogP contribution in [0.2, 0.25) is 0 Å². The van der Waals surface area contributed by atoms with Gasteiger partial charge in [0.2, 0.25) is 11.8 Å². The zero-order valence-electron chi connectivity index (χ0n) is 21.0. The maximum atomic E-state index is 13.3. The van der Waals surface area contributed by atoms with Crippen molar-refractivity contribution in [1.82, 2.24) is 15.5 Å². The van der Waals surface area contributed by atoms with Crippen molar-refractivity contribution in [2.75, 3.05) is 43.2 Å². The number of aryl methyl sites for hydroxylation is 1. The van der Waals surface area contributed by atoms with E-state index in [0.29, 0.717) is 30.6 Å². The molecule has 1 N–H and O–H groups in total. The first-order valence-corrected chi connectivity index (χ1v) is 12.9. The Kier molecular flexibility index (Phi) is 6.16. The molecule has 37 heavy (non-hydrogen) atoms. The van der Waals surface area contributed by atoms with E-state index in [-0.39, 0.29) is 11.8 Å². The number of hydrogen-bond acceptors (Lipinski definition) is 7. The Hall–Kier alpha value is -3.72. The van der Waals surface area contributed by atoms with Crippen molar-refractivity contribution >= 4 is 23.2 Å². The second-order valence-corrected chi connectivity index (χ2v) is 10.4. The highest BCUT2D eigenvalue weighted by atomic mass is 16.5. The monoisotopic (exact) mass is 501 g/mol. The van der Waals surface area contributed by atoms with Crippen LogP contribution in [0, 0.1) is 5.41 Å². The molecule has 3 aliphatic rings. The molecule has 1 aromatic heterocycles. The number of carbonyl (C=O) groups is 2. The Labute approximate surface area is 215 Å². The van der Waals surface area contributed by atoms with Crippen molar-refractivity contribution in [3.8, 4) is 0 Å². The molecule has 9 nitrogen and oxygen atoms in total. The molecule has 0 unspecified atom stereocenters. The van der Waals surface area contributed by atoms with Gasteiger partial charge in [0.15, 0.2) is 0 Å². The van der Waals surface area contributed by atoms with Gasteiger partial charge in [-0.1, -0.05) is 36.4 Å². The van der Waals surface area contributed by atoms with E-state index in [1.807, 2.05) is 30.3 Å². The lowest BCUT2D eigenvalue weighted by atomic mass is 9.73. The highest BCUT2D eigenvalue weighted by molar-refractivity contribution is 6.02. The summed E-state index contributed by atoms with van der Waals surface area (Å²) in [6.45, 7) is 3.75. The van der Waals surface area contributed by atoms with Crippen LogP contribution in [0.5, 0.6) is 0 Å². The summed E-state index contributed by atoms with van der Waals surface area (Å²) >= 11 is 0. The number of fused-ring (bicyclic) bond motifs is 1. The van der Waals surface area contributed by atoms with Gasteiger partial charge in [0, 0.05) is 50.1 Å². The molecule has 3 aliphatic heterocycles. The van der Waals surface area contributed by atoms with Crippen LogP contribution in [0.25, 0.3) is 0 Å². The minimum Gasteiger partial charge on any atom is -0.417 e. The molecule has 0 aliphatic carbocycles. The Balaban J connectivity index is 1.11. The quantitative estimate of drug-likeness (QED) is 0.574. The first kappa shape index (κ1) is 23.7. The van der Waals surface area contributed by atoms with Crippen molar-refractivity contribution in [1.29, 1.82) is 0 Å². The molecule has 4 heterocycles. The SMILES string of the molecule is CN1C(=O)[C@@H](NC(=O)c2nnc(Cc3ccccc3)o2)CCc2ccc(N3CC4(CCOCC4)C3)cc21. The van der Waals surface area contributed by atoms with Gasteiger partial charge in [0.25, 0.3) is 0 Å².